The van der Waals surface area contributed by atoms with Crippen LogP contribution in [0.15, 0.2) is 0 Å². The molecule has 0 rings (SSSR count). The number of ether oxygens (including phenoxy) is 4. The number of hydrogen-bond acceptors (Lipinski definition) is 15. The van der Waals surface area contributed by atoms with Crippen molar-refractivity contribution in [3.05, 3.63) is 0 Å². The molecule has 5 atom stereocenters. The average molecular weight is 1510 g/mol. The molecule has 3 unspecified atom stereocenters. The van der Waals surface area contributed by atoms with Gasteiger partial charge < -0.3 is 33.8 Å². The molecular weight excluding hydrogens is 1340 g/mol. The molecule has 0 aromatic carbocycles. The smallest absolute Gasteiger partial charge is 0.462 e. The topological polar surface area (TPSA) is 237 Å². The lowest BCUT2D eigenvalue weighted by molar-refractivity contribution is -0.161. The van der Waals surface area contributed by atoms with Crippen LogP contribution in [0.5, 0.6) is 0 Å². The number of phosphoric acid groups is 2. The van der Waals surface area contributed by atoms with Crippen molar-refractivity contribution in [1.82, 2.24) is 0 Å². The van der Waals surface area contributed by atoms with Crippen molar-refractivity contribution in [2.75, 3.05) is 39.6 Å². The highest BCUT2D eigenvalue weighted by molar-refractivity contribution is 7.47. The summed E-state index contributed by atoms with van der Waals surface area (Å²) in [5.74, 6) is 0.990. The van der Waals surface area contributed by atoms with Crippen LogP contribution in [-0.2, 0) is 65.4 Å². The Kier molecular flexibility index (Phi) is 71.5. The Balaban J connectivity index is 5.21. The second-order valence-electron chi connectivity index (χ2n) is 32.1. The third-order valence-corrected chi connectivity index (χ3v) is 21.5. The van der Waals surface area contributed by atoms with Crippen LogP contribution in [0.1, 0.15) is 434 Å². The summed E-state index contributed by atoms with van der Waals surface area (Å²) >= 11 is 0. The van der Waals surface area contributed by atoms with Crippen molar-refractivity contribution >= 4 is 39.5 Å². The number of phosphoric ester groups is 2. The molecule has 17 nitrogen and oxygen atoms in total. The van der Waals surface area contributed by atoms with Gasteiger partial charge in [0.05, 0.1) is 26.4 Å². The van der Waals surface area contributed by atoms with Gasteiger partial charge in [0.15, 0.2) is 12.2 Å². The zero-order chi connectivity index (χ0) is 76.0. The van der Waals surface area contributed by atoms with E-state index in [-0.39, 0.29) is 25.7 Å². The summed E-state index contributed by atoms with van der Waals surface area (Å²) in [7, 11) is -9.93. The van der Waals surface area contributed by atoms with Crippen LogP contribution in [-0.4, -0.2) is 96.7 Å². The van der Waals surface area contributed by atoms with E-state index in [4.69, 9.17) is 37.0 Å². The molecule has 3 N–H and O–H groups in total. The quantitative estimate of drug-likeness (QED) is 0.0222. The lowest BCUT2D eigenvalue weighted by Gasteiger charge is -2.21. The van der Waals surface area contributed by atoms with E-state index >= 15 is 0 Å². The van der Waals surface area contributed by atoms with Crippen LogP contribution in [0.4, 0.5) is 0 Å². The first-order chi connectivity index (χ1) is 49.6. The average Bonchev–Trinajstić information content (AvgIpc) is 0.925. The van der Waals surface area contributed by atoms with E-state index in [0.29, 0.717) is 31.6 Å². The molecular formula is C84H164O17P2. The zero-order valence-electron chi connectivity index (χ0n) is 68.0. The zero-order valence-corrected chi connectivity index (χ0v) is 69.7. The minimum Gasteiger partial charge on any atom is -0.462 e. The Bertz CT molecular complexity index is 2010. The van der Waals surface area contributed by atoms with Gasteiger partial charge in [-0.3, -0.25) is 37.3 Å². The first-order valence-corrected chi connectivity index (χ1v) is 46.2. The van der Waals surface area contributed by atoms with Crippen LogP contribution >= 0.6 is 15.6 Å². The van der Waals surface area contributed by atoms with Crippen LogP contribution in [0.25, 0.3) is 0 Å². The van der Waals surface area contributed by atoms with Crippen LogP contribution in [0.3, 0.4) is 0 Å². The van der Waals surface area contributed by atoms with Crippen molar-refractivity contribution in [2.24, 2.45) is 23.7 Å². The number of unbranched alkanes of at least 4 members (excludes halogenated alkanes) is 47. The normalized spacial score (nSPS) is 14.0. The Hall–Kier alpha value is -1.94. The van der Waals surface area contributed by atoms with Crippen LogP contribution in [0.2, 0.25) is 0 Å². The van der Waals surface area contributed by atoms with Gasteiger partial charge in [-0.1, -0.05) is 383 Å². The molecule has 0 aromatic rings. The van der Waals surface area contributed by atoms with E-state index in [9.17, 15) is 43.2 Å². The summed E-state index contributed by atoms with van der Waals surface area (Å²) in [6, 6.07) is 0. The molecule has 0 fully saturated rings. The number of rotatable bonds is 81. The van der Waals surface area contributed by atoms with Crippen molar-refractivity contribution in [3.63, 3.8) is 0 Å². The summed E-state index contributed by atoms with van der Waals surface area (Å²) in [6.07, 6.45) is 61.2. The van der Waals surface area contributed by atoms with Gasteiger partial charge in [-0.05, 0) is 49.4 Å². The second-order valence-corrected chi connectivity index (χ2v) is 35.0. The SMILES string of the molecule is CC(C)CCCCCCCCCCCCCCCCCCCCC(=O)O[C@H](COC(=O)CCCCCCCCCC(C)C)COP(=O)(O)OCC(O)COP(=O)(O)OC[C@@H](COC(=O)CCCCCCCCCCCCCCCCC(C)C)OC(=O)CCCCCCCCCCCCCCC(C)C. The molecule has 0 aliphatic heterocycles. The van der Waals surface area contributed by atoms with E-state index in [1.165, 1.54) is 231 Å². The number of hydrogen-bond donors (Lipinski definition) is 3. The van der Waals surface area contributed by atoms with Gasteiger partial charge in [-0.15, -0.1) is 0 Å². The van der Waals surface area contributed by atoms with Gasteiger partial charge in [-0.2, -0.15) is 0 Å². The molecule has 0 saturated heterocycles. The largest absolute Gasteiger partial charge is 0.472 e. The molecule has 103 heavy (non-hydrogen) atoms. The molecule has 0 amide bonds. The van der Waals surface area contributed by atoms with Gasteiger partial charge in [0.1, 0.15) is 19.3 Å². The second kappa shape index (κ2) is 72.9. The minimum atomic E-state index is -4.96. The predicted octanol–water partition coefficient (Wildman–Crippen LogP) is 25.2. The molecule has 0 aliphatic rings. The van der Waals surface area contributed by atoms with E-state index in [1.54, 1.807) is 0 Å². The Morgan fingerprint density at radius 1 is 0.243 bits per heavy atom. The number of esters is 4. The van der Waals surface area contributed by atoms with Crippen LogP contribution in [0, 0.1) is 23.7 Å². The maximum atomic E-state index is 13.1. The van der Waals surface area contributed by atoms with Crippen molar-refractivity contribution in [2.45, 2.75) is 453 Å². The summed E-state index contributed by atoms with van der Waals surface area (Å²) in [4.78, 5) is 73.1. The van der Waals surface area contributed by atoms with E-state index in [1.807, 2.05) is 0 Å². The van der Waals surface area contributed by atoms with Gasteiger partial charge in [0.2, 0.25) is 0 Å². The molecule has 0 bridgehead atoms. The fraction of sp³-hybridized carbons (Fsp3) is 0.952. The predicted molar refractivity (Wildman–Crippen MR) is 423 cm³/mol. The van der Waals surface area contributed by atoms with Gasteiger partial charge in [-0.25, -0.2) is 9.13 Å². The maximum Gasteiger partial charge on any atom is 0.472 e. The Morgan fingerprint density at radius 3 is 0.602 bits per heavy atom. The molecule has 0 radical (unpaired) electrons. The number of carbonyl (C=O) groups is 4. The summed E-state index contributed by atoms with van der Waals surface area (Å²) in [5, 5.41) is 10.7. The summed E-state index contributed by atoms with van der Waals surface area (Å²) in [6.45, 7) is 14.3. The standard InChI is InChI=1S/C84H164O17P2/c1-74(2)60-52-44-36-29-23-17-13-11-9-10-12-14-20-27-33-41-50-58-66-83(88)101-80(71-95-82(87)65-57-49-43-35-39-47-55-63-77(7)8)73-99-103(92,93)97-69-78(85)68-96-102(90,91)98-72-79(100-84(89)67-59-51-42-34-28-22-21-25-31-38-46-54-62-76(5)6)70-94-81(86)64-56-48-40-32-26-19-16-15-18-24-30-37-45-53-61-75(3)4/h74-80,85H,9-73H2,1-8H3,(H,90,91)(H,92,93)/t78?,79-,80-/m1/s1. The molecule has 19 heteroatoms. The fourth-order valence-electron chi connectivity index (χ4n) is 13.0. The van der Waals surface area contributed by atoms with Crippen molar-refractivity contribution in [1.29, 1.82) is 0 Å². The molecule has 0 saturated carbocycles. The van der Waals surface area contributed by atoms with Gasteiger partial charge in [0, 0.05) is 25.7 Å². The van der Waals surface area contributed by atoms with Crippen molar-refractivity contribution in [3.8, 4) is 0 Å². The lowest BCUT2D eigenvalue weighted by Crippen LogP contribution is -2.30. The minimum absolute atomic E-state index is 0.107. The maximum absolute atomic E-state index is 13.1. The Morgan fingerprint density at radius 2 is 0.408 bits per heavy atom. The molecule has 0 spiro atoms. The lowest BCUT2D eigenvalue weighted by atomic mass is 10.0. The van der Waals surface area contributed by atoms with Crippen LogP contribution < -0.4 is 0 Å². The van der Waals surface area contributed by atoms with E-state index in [0.717, 1.165) is 114 Å². The number of aliphatic hydroxyl groups is 1. The molecule has 0 heterocycles. The highest BCUT2D eigenvalue weighted by Crippen LogP contribution is 2.45. The monoisotopic (exact) mass is 1510 g/mol. The third kappa shape index (κ3) is 78.0. The van der Waals surface area contributed by atoms with Crippen molar-refractivity contribution < 1.29 is 80.2 Å². The fourth-order valence-corrected chi connectivity index (χ4v) is 14.5. The molecule has 0 aliphatic carbocycles. The molecule has 0 aromatic heterocycles. The molecule has 612 valence electrons. The first-order valence-electron chi connectivity index (χ1n) is 43.2. The Labute approximate surface area is 632 Å². The van der Waals surface area contributed by atoms with E-state index < -0.39 is 97.5 Å². The highest BCUT2D eigenvalue weighted by atomic mass is 31.2. The van der Waals surface area contributed by atoms with E-state index in [2.05, 4.69) is 55.4 Å². The van der Waals surface area contributed by atoms with Gasteiger partial charge in [0.25, 0.3) is 0 Å². The number of carbonyl (C=O) groups excluding carboxylic acids is 4. The summed E-state index contributed by atoms with van der Waals surface area (Å²) in [5.41, 5.74) is 0. The highest BCUT2D eigenvalue weighted by Gasteiger charge is 2.30. The summed E-state index contributed by atoms with van der Waals surface area (Å²) < 4.78 is 68.8. The first kappa shape index (κ1) is 101. The van der Waals surface area contributed by atoms with Gasteiger partial charge >= 0.3 is 39.5 Å². The number of aliphatic hydroxyl groups excluding tert-OH is 1. The third-order valence-electron chi connectivity index (χ3n) is 19.6.